The first-order valence-corrected chi connectivity index (χ1v) is 11.6. The van der Waals surface area contributed by atoms with Crippen molar-refractivity contribution < 1.29 is 24.2 Å². The minimum absolute atomic E-state index is 0.0308. The van der Waals surface area contributed by atoms with Gasteiger partial charge in [0.15, 0.2) is 0 Å². The van der Waals surface area contributed by atoms with Crippen LogP contribution in [0.3, 0.4) is 0 Å². The molecule has 1 saturated carbocycles. The van der Waals surface area contributed by atoms with Crippen molar-refractivity contribution in [2.24, 2.45) is 5.92 Å². The highest BCUT2D eigenvalue weighted by Gasteiger charge is 2.39. The second-order valence-electron chi connectivity index (χ2n) is 9.06. The molecular weight excluding hydrogens is 384 g/mol. The van der Waals surface area contributed by atoms with Crippen molar-refractivity contribution in [1.29, 1.82) is 0 Å². The molecule has 7 nitrogen and oxygen atoms in total. The van der Waals surface area contributed by atoms with E-state index in [1.165, 1.54) is 0 Å². The molecule has 2 N–H and O–H groups in total. The highest BCUT2D eigenvalue weighted by molar-refractivity contribution is 5.86. The molecule has 7 heteroatoms. The summed E-state index contributed by atoms with van der Waals surface area (Å²) in [5.41, 5.74) is -0.511. The molecule has 2 aliphatic heterocycles. The molecule has 168 valence electrons. The minimum Gasteiger partial charge on any atom is -0.463 e. The van der Waals surface area contributed by atoms with Crippen molar-refractivity contribution in [1.82, 2.24) is 10.2 Å². The molecule has 2 amide bonds. The number of nitrogens with zero attached hydrogens (tertiary/aromatic N) is 1. The predicted molar refractivity (Wildman–Crippen MR) is 112 cm³/mol. The monoisotopic (exact) mass is 420 g/mol. The summed E-state index contributed by atoms with van der Waals surface area (Å²) in [6.07, 6.45) is 12.9. The van der Waals surface area contributed by atoms with E-state index in [1.54, 1.807) is 4.90 Å². The van der Waals surface area contributed by atoms with Gasteiger partial charge in [0.1, 0.15) is 6.61 Å². The second kappa shape index (κ2) is 10.9. The first-order valence-electron chi connectivity index (χ1n) is 11.6. The molecule has 2 fully saturated rings. The molecule has 0 aromatic heterocycles. The Kier molecular flexibility index (Phi) is 8.31. The van der Waals surface area contributed by atoms with E-state index in [0.717, 1.165) is 57.8 Å². The summed E-state index contributed by atoms with van der Waals surface area (Å²) >= 11 is 0. The summed E-state index contributed by atoms with van der Waals surface area (Å²) < 4.78 is 5.52. The van der Waals surface area contributed by atoms with Gasteiger partial charge in [0.05, 0.1) is 24.1 Å². The SMILES string of the molecule is O=C1CCCCC=CC[C@H](CC(=O)N2CCC[C@H]2CO)C(=O)NC2(CCCC2)CO1. The van der Waals surface area contributed by atoms with E-state index < -0.39 is 11.5 Å². The molecule has 1 saturated heterocycles. The maximum atomic E-state index is 13.2. The van der Waals surface area contributed by atoms with Gasteiger partial charge in [-0.25, -0.2) is 0 Å². The van der Waals surface area contributed by atoms with Gasteiger partial charge in [0.25, 0.3) is 0 Å². The topological polar surface area (TPSA) is 95.9 Å². The van der Waals surface area contributed by atoms with Crippen LogP contribution in [0.5, 0.6) is 0 Å². The number of rotatable bonds is 3. The quantitative estimate of drug-likeness (QED) is 0.540. The van der Waals surface area contributed by atoms with Crippen molar-refractivity contribution >= 4 is 17.8 Å². The summed E-state index contributed by atoms with van der Waals surface area (Å²) in [6.45, 7) is 0.831. The van der Waals surface area contributed by atoms with Gasteiger partial charge in [-0.3, -0.25) is 14.4 Å². The van der Waals surface area contributed by atoms with Crippen LogP contribution in [-0.2, 0) is 19.1 Å². The van der Waals surface area contributed by atoms with Crippen LogP contribution in [0.15, 0.2) is 12.2 Å². The highest BCUT2D eigenvalue weighted by Crippen LogP contribution is 2.31. The number of amides is 2. The second-order valence-corrected chi connectivity index (χ2v) is 9.06. The Balaban J connectivity index is 1.72. The maximum Gasteiger partial charge on any atom is 0.305 e. The van der Waals surface area contributed by atoms with Gasteiger partial charge >= 0.3 is 5.97 Å². The third-order valence-electron chi connectivity index (χ3n) is 6.75. The smallest absolute Gasteiger partial charge is 0.305 e. The van der Waals surface area contributed by atoms with E-state index in [4.69, 9.17) is 4.74 Å². The molecule has 1 aliphatic carbocycles. The Labute approximate surface area is 179 Å². The van der Waals surface area contributed by atoms with Crippen LogP contribution in [0.2, 0.25) is 0 Å². The molecule has 3 aliphatic rings. The average molecular weight is 421 g/mol. The van der Waals surface area contributed by atoms with Gasteiger partial charge < -0.3 is 20.1 Å². The molecule has 2 atom stereocenters. The molecule has 3 rings (SSSR count). The lowest BCUT2D eigenvalue weighted by molar-refractivity contribution is -0.147. The number of esters is 1. The lowest BCUT2D eigenvalue weighted by Gasteiger charge is -2.32. The maximum absolute atomic E-state index is 13.2. The summed E-state index contributed by atoms with van der Waals surface area (Å²) in [5, 5.41) is 12.7. The third kappa shape index (κ3) is 6.06. The molecule has 0 aromatic rings. The van der Waals surface area contributed by atoms with E-state index in [2.05, 4.69) is 5.32 Å². The predicted octanol–water partition coefficient (Wildman–Crippen LogP) is 2.47. The molecule has 2 heterocycles. The van der Waals surface area contributed by atoms with Crippen LogP contribution in [0.25, 0.3) is 0 Å². The van der Waals surface area contributed by atoms with Crippen LogP contribution < -0.4 is 5.32 Å². The van der Waals surface area contributed by atoms with Crippen molar-refractivity contribution in [3.05, 3.63) is 12.2 Å². The van der Waals surface area contributed by atoms with Crippen molar-refractivity contribution in [3.8, 4) is 0 Å². The van der Waals surface area contributed by atoms with Crippen LogP contribution in [0.1, 0.15) is 77.0 Å². The Morgan fingerprint density at radius 3 is 2.73 bits per heavy atom. The Hall–Kier alpha value is -1.89. The van der Waals surface area contributed by atoms with Gasteiger partial charge in [0.2, 0.25) is 11.8 Å². The fourth-order valence-corrected chi connectivity index (χ4v) is 4.89. The van der Waals surface area contributed by atoms with Gasteiger partial charge in [0, 0.05) is 19.4 Å². The minimum atomic E-state index is -0.511. The fourth-order valence-electron chi connectivity index (χ4n) is 4.89. The molecule has 0 aromatic carbocycles. The lowest BCUT2D eigenvalue weighted by atomic mass is 9.93. The van der Waals surface area contributed by atoms with E-state index in [9.17, 15) is 19.5 Å². The number of aliphatic hydroxyl groups is 1. The first kappa shape index (κ1) is 22.8. The van der Waals surface area contributed by atoms with Crippen LogP contribution >= 0.6 is 0 Å². The zero-order chi connectivity index (χ0) is 21.4. The van der Waals surface area contributed by atoms with Gasteiger partial charge in [-0.1, -0.05) is 25.0 Å². The normalized spacial score (nSPS) is 28.2. The largest absolute Gasteiger partial charge is 0.463 e. The van der Waals surface area contributed by atoms with Crippen molar-refractivity contribution in [2.75, 3.05) is 19.8 Å². The summed E-state index contributed by atoms with van der Waals surface area (Å²) in [7, 11) is 0. The van der Waals surface area contributed by atoms with E-state index in [-0.39, 0.29) is 43.5 Å². The Morgan fingerprint density at radius 1 is 1.17 bits per heavy atom. The molecule has 0 radical (unpaired) electrons. The number of aliphatic hydroxyl groups excluding tert-OH is 1. The van der Waals surface area contributed by atoms with Gasteiger partial charge in [-0.15, -0.1) is 0 Å². The first-order chi connectivity index (χ1) is 14.5. The van der Waals surface area contributed by atoms with Crippen molar-refractivity contribution in [2.45, 2.75) is 88.6 Å². The van der Waals surface area contributed by atoms with Gasteiger partial charge in [-0.05, 0) is 51.4 Å². The zero-order valence-electron chi connectivity index (χ0n) is 17.9. The number of nitrogens with one attached hydrogen (secondary N) is 1. The molecular formula is C23H36N2O5. The summed E-state index contributed by atoms with van der Waals surface area (Å²) in [4.78, 5) is 39.9. The summed E-state index contributed by atoms with van der Waals surface area (Å²) in [5.74, 6) is -0.854. The molecule has 0 bridgehead atoms. The molecule has 30 heavy (non-hydrogen) atoms. The number of hydrogen-bond acceptors (Lipinski definition) is 5. The zero-order valence-corrected chi connectivity index (χ0v) is 17.9. The number of carbonyl (C=O) groups excluding carboxylic acids is 3. The number of cyclic esters (lactones) is 1. The third-order valence-corrected chi connectivity index (χ3v) is 6.75. The average Bonchev–Trinajstić information content (AvgIpc) is 3.39. The summed E-state index contributed by atoms with van der Waals surface area (Å²) in [6, 6.07) is -0.129. The van der Waals surface area contributed by atoms with E-state index in [0.29, 0.717) is 19.4 Å². The Morgan fingerprint density at radius 2 is 1.97 bits per heavy atom. The van der Waals surface area contributed by atoms with E-state index >= 15 is 0 Å². The van der Waals surface area contributed by atoms with Gasteiger partial charge in [-0.2, -0.15) is 0 Å². The number of likely N-dealkylation sites (tertiary alicyclic amines) is 1. The van der Waals surface area contributed by atoms with Crippen molar-refractivity contribution in [3.63, 3.8) is 0 Å². The number of hydrogen-bond donors (Lipinski definition) is 2. The molecule has 0 unspecified atom stereocenters. The lowest BCUT2D eigenvalue weighted by Crippen LogP contribution is -2.52. The number of ether oxygens (including phenoxy) is 1. The highest BCUT2D eigenvalue weighted by atomic mass is 16.5. The Bertz CT molecular complexity index is 642. The number of allylic oxidation sites excluding steroid dienone is 2. The fraction of sp³-hybridized carbons (Fsp3) is 0.783. The van der Waals surface area contributed by atoms with Crippen LogP contribution in [0, 0.1) is 5.92 Å². The standard InChI is InChI=1S/C23H36N2O5/c26-16-19-10-8-14-25(19)20(27)15-18-9-4-2-1-3-5-11-21(28)30-17-23(24-22(18)29)12-6-7-13-23/h2,4,18-19,26H,1,3,5-17H2,(H,24,29)/t18-,19+/m1/s1. The van der Waals surface area contributed by atoms with Crippen LogP contribution in [0.4, 0.5) is 0 Å². The number of carbonyl (C=O) groups is 3. The molecule has 1 spiro atoms. The van der Waals surface area contributed by atoms with E-state index in [1.807, 2.05) is 12.2 Å². The van der Waals surface area contributed by atoms with Crippen LogP contribution in [-0.4, -0.2) is 59.1 Å².